The van der Waals surface area contributed by atoms with E-state index < -0.39 is 0 Å². The fourth-order valence-electron chi connectivity index (χ4n) is 8.80. The second-order valence-electron chi connectivity index (χ2n) is 15.7. The molecule has 2 aromatic heterocycles. The summed E-state index contributed by atoms with van der Waals surface area (Å²) in [6.45, 7) is 4.69. The van der Waals surface area contributed by atoms with Gasteiger partial charge in [-0.15, -0.1) is 11.3 Å². The lowest BCUT2D eigenvalue weighted by Gasteiger charge is -2.28. The predicted octanol–water partition coefficient (Wildman–Crippen LogP) is 14.7. The molecule has 5 heteroatoms. The van der Waals surface area contributed by atoms with Gasteiger partial charge in [0.25, 0.3) is 0 Å². The van der Waals surface area contributed by atoms with Crippen LogP contribution < -0.4 is 4.90 Å². The minimum absolute atomic E-state index is 0.0937. The summed E-state index contributed by atoms with van der Waals surface area (Å²) in [6, 6.07) is 69.1. The molecule has 0 saturated heterocycles. The quantitative estimate of drug-likeness (QED) is 0.162. The van der Waals surface area contributed by atoms with Crippen molar-refractivity contribution in [1.29, 1.82) is 0 Å². The topological polar surface area (TPSA) is 41.9 Å². The van der Waals surface area contributed by atoms with Crippen LogP contribution in [0.25, 0.3) is 76.6 Å². The lowest BCUT2D eigenvalue weighted by molar-refractivity contribution is 0.660. The molecular formula is C54H38N4S. The van der Waals surface area contributed by atoms with Gasteiger partial charge in [-0.05, 0) is 81.9 Å². The van der Waals surface area contributed by atoms with Gasteiger partial charge in [-0.2, -0.15) is 0 Å². The van der Waals surface area contributed by atoms with Gasteiger partial charge in [0.2, 0.25) is 0 Å². The lowest BCUT2D eigenvalue weighted by Crippen LogP contribution is -2.16. The van der Waals surface area contributed by atoms with Crippen LogP contribution in [0, 0.1) is 0 Å². The van der Waals surface area contributed by atoms with Crippen LogP contribution in [0.15, 0.2) is 194 Å². The zero-order valence-electron chi connectivity index (χ0n) is 32.7. The van der Waals surface area contributed by atoms with Crippen molar-refractivity contribution in [2.75, 3.05) is 4.90 Å². The number of nitrogens with zero attached hydrogens (tertiary/aromatic N) is 4. The Morgan fingerprint density at radius 3 is 1.69 bits per heavy atom. The third-order valence-corrected chi connectivity index (χ3v) is 12.8. The Labute approximate surface area is 347 Å². The maximum Gasteiger partial charge on any atom is 0.164 e. The molecule has 0 bridgehead atoms. The SMILES string of the molecule is CC1(C)c2ccccc2-c2ccc(N(c3ccccc3)c3cccc(-c4ccc5c(c4)sc4cccc(-c6nc(-c7ccccc7)nc(-c7ccccc7)n6)c45)c3)cc21. The maximum atomic E-state index is 5.09. The van der Waals surface area contributed by atoms with E-state index in [1.54, 1.807) is 0 Å². The molecule has 10 aromatic rings. The Hall–Kier alpha value is -7.21. The number of hydrogen-bond acceptors (Lipinski definition) is 5. The van der Waals surface area contributed by atoms with E-state index in [4.69, 9.17) is 15.0 Å². The van der Waals surface area contributed by atoms with E-state index in [2.05, 4.69) is 176 Å². The van der Waals surface area contributed by atoms with Crippen LogP contribution >= 0.6 is 11.3 Å². The van der Waals surface area contributed by atoms with Gasteiger partial charge in [-0.25, -0.2) is 15.0 Å². The molecule has 8 aromatic carbocycles. The molecule has 0 radical (unpaired) electrons. The number of thiophene rings is 1. The monoisotopic (exact) mass is 774 g/mol. The summed E-state index contributed by atoms with van der Waals surface area (Å²) in [5.74, 6) is 1.98. The largest absolute Gasteiger partial charge is 0.310 e. The molecule has 11 rings (SSSR count). The first-order valence-electron chi connectivity index (χ1n) is 20.0. The molecule has 1 aliphatic rings. The van der Waals surface area contributed by atoms with Crippen molar-refractivity contribution in [3.63, 3.8) is 0 Å². The molecule has 0 aliphatic heterocycles. The van der Waals surface area contributed by atoms with Gasteiger partial charge < -0.3 is 4.90 Å². The molecule has 0 fully saturated rings. The Morgan fingerprint density at radius 1 is 0.390 bits per heavy atom. The van der Waals surface area contributed by atoms with Gasteiger partial charge in [-0.1, -0.05) is 159 Å². The number of anilines is 3. The molecule has 4 nitrogen and oxygen atoms in total. The number of benzene rings is 8. The Kier molecular flexibility index (Phi) is 8.31. The second kappa shape index (κ2) is 14.0. The van der Waals surface area contributed by atoms with Crippen molar-refractivity contribution in [1.82, 2.24) is 15.0 Å². The van der Waals surface area contributed by atoms with E-state index in [1.807, 2.05) is 47.7 Å². The van der Waals surface area contributed by atoms with Crippen molar-refractivity contribution in [2.24, 2.45) is 0 Å². The highest BCUT2D eigenvalue weighted by Gasteiger charge is 2.35. The summed E-state index contributed by atoms with van der Waals surface area (Å²) < 4.78 is 2.42. The molecule has 0 N–H and O–H groups in total. The maximum absolute atomic E-state index is 5.09. The van der Waals surface area contributed by atoms with Crippen LogP contribution in [0.2, 0.25) is 0 Å². The molecule has 1 aliphatic carbocycles. The minimum atomic E-state index is -0.0937. The van der Waals surface area contributed by atoms with Crippen LogP contribution in [-0.2, 0) is 5.41 Å². The summed E-state index contributed by atoms with van der Waals surface area (Å²) in [4.78, 5) is 17.5. The summed E-state index contributed by atoms with van der Waals surface area (Å²) in [6.07, 6.45) is 0. The Bertz CT molecular complexity index is 3130. The predicted molar refractivity (Wildman–Crippen MR) is 247 cm³/mol. The summed E-state index contributed by atoms with van der Waals surface area (Å²) in [7, 11) is 0. The number of fused-ring (bicyclic) bond motifs is 6. The molecule has 0 unspecified atom stereocenters. The highest BCUT2D eigenvalue weighted by Crippen LogP contribution is 2.51. The van der Waals surface area contributed by atoms with E-state index in [9.17, 15) is 0 Å². The van der Waals surface area contributed by atoms with Gasteiger partial charge in [0, 0.05) is 59.3 Å². The highest BCUT2D eigenvalue weighted by atomic mass is 32.1. The third-order valence-electron chi connectivity index (χ3n) is 11.7. The molecule has 0 saturated carbocycles. The van der Waals surface area contributed by atoms with E-state index in [-0.39, 0.29) is 5.41 Å². The first-order valence-corrected chi connectivity index (χ1v) is 20.8. The van der Waals surface area contributed by atoms with Crippen LogP contribution in [0.4, 0.5) is 17.1 Å². The number of aromatic nitrogens is 3. The van der Waals surface area contributed by atoms with Gasteiger partial charge in [0.15, 0.2) is 17.5 Å². The number of hydrogen-bond donors (Lipinski definition) is 0. The Balaban J connectivity index is 1.01. The molecule has 59 heavy (non-hydrogen) atoms. The first kappa shape index (κ1) is 35.0. The van der Waals surface area contributed by atoms with Crippen molar-refractivity contribution < 1.29 is 0 Å². The smallest absolute Gasteiger partial charge is 0.164 e. The van der Waals surface area contributed by atoms with Gasteiger partial charge in [0.1, 0.15) is 0 Å². The number of rotatable bonds is 7. The van der Waals surface area contributed by atoms with Gasteiger partial charge in [-0.3, -0.25) is 0 Å². The van der Waals surface area contributed by atoms with E-state index >= 15 is 0 Å². The van der Waals surface area contributed by atoms with Crippen LogP contribution in [-0.4, -0.2) is 15.0 Å². The Morgan fingerprint density at radius 2 is 0.949 bits per heavy atom. The fourth-order valence-corrected chi connectivity index (χ4v) is 9.97. The third kappa shape index (κ3) is 6.01. The van der Waals surface area contributed by atoms with E-state index in [0.717, 1.165) is 44.7 Å². The standard InChI is InChI=1S/C54H38N4S/c1-54(2)46-26-13-12-24-42(46)43-31-29-41(34-47(43)54)58(39-21-10-5-11-22-39)40-23-14-20-37(32-40)38-28-30-44-49(33-38)59-48-27-15-25-45(50(44)48)53-56-51(35-16-6-3-7-17-35)55-52(57-53)36-18-8-4-9-19-36/h3-34H,1-2H3. The van der Waals surface area contributed by atoms with Crippen LogP contribution in [0.1, 0.15) is 25.0 Å². The lowest BCUT2D eigenvalue weighted by atomic mass is 9.82. The van der Waals surface area contributed by atoms with Crippen molar-refractivity contribution >= 4 is 48.6 Å². The zero-order chi connectivity index (χ0) is 39.5. The molecule has 280 valence electrons. The second-order valence-corrected chi connectivity index (χ2v) is 16.7. The highest BCUT2D eigenvalue weighted by molar-refractivity contribution is 7.26. The summed E-state index contributed by atoms with van der Waals surface area (Å²) in [5, 5.41) is 2.35. The van der Waals surface area contributed by atoms with Crippen LogP contribution in [0.3, 0.4) is 0 Å². The molecule has 0 amide bonds. The van der Waals surface area contributed by atoms with Gasteiger partial charge >= 0.3 is 0 Å². The van der Waals surface area contributed by atoms with Crippen molar-refractivity contribution in [2.45, 2.75) is 19.3 Å². The van der Waals surface area contributed by atoms with Gasteiger partial charge in [0.05, 0.1) is 0 Å². The minimum Gasteiger partial charge on any atom is -0.310 e. The normalized spacial score (nSPS) is 12.7. The average molecular weight is 775 g/mol. The fraction of sp³-hybridized carbons (Fsp3) is 0.0556. The average Bonchev–Trinajstić information content (AvgIpc) is 3.78. The molecule has 0 atom stereocenters. The zero-order valence-corrected chi connectivity index (χ0v) is 33.5. The van der Waals surface area contributed by atoms with Crippen molar-refractivity contribution in [3.8, 4) is 56.4 Å². The molecular weight excluding hydrogens is 737 g/mol. The molecule has 2 heterocycles. The van der Waals surface area contributed by atoms with Crippen LogP contribution in [0.5, 0.6) is 0 Å². The summed E-state index contributed by atoms with van der Waals surface area (Å²) >= 11 is 1.81. The van der Waals surface area contributed by atoms with Crippen molar-refractivity contribution in [3.05, 3.63) is 205 Å². The van der Waals surface area contributed by atoms with E-state index in [0.29, 0.717) is 17.5 Å². The number of para-hydroxylation sites is 1. The summed E-state index contributed by atoms with van der Waals surface area (Å²) in [5.41, 5.74) is 13.9. The molecule has 0 spiro atoms. The first-order chi connectivity index (χ1) is 29.0. The van der Waals surface area contributed by atoms with E-state index in [1.165, 1.54) is 42.6 Å².